The Morgan fingerprint density at radius 1 is 1.19 bits per heavy atom. The summed E-state index contributed by atoms with van der Waals surface area (Å²) < 4.78 is 13.0. The number of nitrogens with zero attached hydrogens (tertiary/aromatic N) is 3. The van der Waals surface area contributed by atoms with Crippen molar-refractivity contribution in [3.05, 3.63) is 81.3 Å². The molecule has 0 saturated heterocycles. The second-order valence-corrected chi connectivity index (χ2v) is 6.00. The molecule has 4 aromatic rings. The number of hydrogen-bond acceptors (Lipinski definition) is 6. The van der Waals surface area contributed by atoms with Crippen LogP contribution in [0.2, 0.25) is 0 Å². The van der Waals surface area contributed by atoms with Crippen LogP contribution in [0, 0.1) is 0 Å². The molecule has 3 heterocycles. The summed E-state index contributed by atoms with van der Waals surface area (Å²) in [6.07, 6.45) is 1.61. The van der Waals surface area contributed by atoms with E-state index in [2.05, 4.69) is 4.98 Å². The van der Waals surface area contributed by atoms with Crippen molar-refractivity contribution in [1.29, 1.82) is 0 Å². The Morgan fingerprint density at radius 2 is 1.96 bits per heavy atom. The van der Waals surface area contributed by atoms with Crippen LogP contribution in [0.25, 0.3) is 16.7 Å². The van der Waals surface area contributed by atoms with E-state index in [4.69, 9.17) is 9.15 Å². The lowest BCUT2D eigenvalue weighted by Gasteiger charge is -2.12. The van der Waals surface area contributed by atoms with Gasteiger partial charge in [-0.3, -0.25) is 13.8 Å². The predicted molar refractivity (Wildman–Crippen MR) is 96.4 cm³/mol. The van der Waals surface area contributed by atoms with Crippen LogP contribution in [-0.4, -0.2) is 19.9 Å². The first kappa shape index (κ1) is 16.8. The van der Waals surface area contributed by atoms with Crippen LogP contribution in [0.5, 0.6) is 0 Å². The molecular weight excluding hydrogens is 350 g/mol. The maximum absolute atomic E-state index is 12.4. The number of carbonyl (C=O) groups excluding carboxylic acids is 1. The molecule has 0 aliphatic carbocycles. The van der Waals surface area contributed by atoms with Gasteiger partial charge in [0.25, 0.3) is 5.56 Å². The van der Waals surface area contributed by atoms with Crippen molar-refractivity contribution in [2.45, 2.75) is 19.6 Å². The van der Waals surface area contributed by atoms with E-state index in [0.717, 1.165) is 0 Å². The van der Waals surface area contributed by atoms with Crippen molar-refractivity contribution in [2.24, 2.45) is 0 Å². The summed E-state index contributed by atoms with van der Waals surface area (Å²) in [5.41, 5.74) is 1.43. The maximum atomic E-state index is 12.4. The lowest BCUT2D eigenvalue weighted by molar-refractivity contribution is -0.148. The quantitative estimate of drug-likeness (QED) is 0.513. The van der Waals surface area contributed by atoms with Crippen LogP contribution < -0.4 is 11.3 Å². The van der Waals surface area contributed by atoms with Gasteiger partial charge in [0.1, 0.15) is 18.3 Å². The highest BCUT2D eigenvalue weighted by molar-refractivity contribution is 5.79. The van der Waals surface area contributed by atoms with Gasteiger partial charge in [0.2, 0.25) is 0 Å². The van der Waals surface area contributed by atoms with Gasteiger partial charge < -0.3 is 9.15 Å². The monoisotopic (exact) mass is 365 g/mol. The molecule has 1 aromatic carbocycles. The second-order valence-electron chi connectivity index (χ2n) is 6.00. The zero-order valence-corrected chi connectivity index (χ0v) is 14.4. The normalized spacial score (nSPS) is 12.3. The molecule has 1 atom stereocenters. The van der Waals surface area contributed by atoms with Gasteiger partial charge in [-0.15, -0.1) is 0 Å². The van der Waals surface area contributed by atoms with E-state index in [9.17, 15) is 14.4 Å². The number of carbonyl (C=O) groups is 1. The Kier molecular flexibility index (Phi) is 4.08. The van der Waals surface area contributed by atoms with Gasteiger partial charge in [-0.1, -0.05) is 18.2 Å². The van der Waals surface area contributed by atoms with Gasteiger partial charge in [-0.05, 0) is 31.2 Å². The Bertz CT molecular complexity index is 1270. The van der Waals surface area contributed by atoms with Crippen LogP contribution in [0.3, 0.4) is 0 Å². The summed E-state index contributed by atoms with van der Waals surface area (Å²) in [7, 11) is 0. The van der Waals surface area contributed by atoms with Crippen molar-refractivity contribution in [2.75, 3.05) is 0 Å². The summed E-state index contributed by atoms with van der Waals surface area (Å²) in [5.74, 6) is -1.26. The average molecular weight is 365 g/mol. The average Bonchev–Trinajstić information content (AvgIpc) is 3.01. The maximum Gasteiger partial charge on any atom is 0.420 e. The van der Waals surface area contributed by atoms with E-state index in [1.165, 1.54) is 15.0 Å². The fraction of sp³-hybridized carbons (Fsp3) is 0.158. The summed E-state index contributed by atoms with van der Waals surface area (Å²) in [6, 6.07) is 12.4. The zero-order chi connectivity index (χ0) is 19.0. The number of oxazole rings is 1. The molecular formula is C19H15N3O5. The SMILES string of the molecule is CC(C(=O)OCc1cc(=O)n2ccccc2n1)n1c(=O)oc2ccccc21. The van der Waals surface area contributed by atoms with Crippen molar-refractivity contribution in [3.8, 4) is 0 Å². The third kappa shape index (κ3) is 3.01. The second kappa shape index (κ2) is 6.56. The minimum atomic E-state index is -0.886. The van der Waals surface area contributed by atoms with Crippen LogP contribution >= 0.6 is 0 Å². The summed E-state index contributed by atoms with van der Waals surface area (Å²) in [4.78, 5) is 40.9. The molecule has 0 aliphatic rings. The largest absolute Gasteiger partial charge is 0.458 e. The number of aromatic nitrogens is 3. The van der Waals surface area contributed by atoms with E-state index < -0.39 is 17.8 Å². The predicted octanol–water partition coefficient (Wildman–Crippen LogP) is 1.91. The summed E-state index contributed by atoms with van der Waals surface area (Å²) in [6.45, 7) is 1.38. The van der Waals surface area contributed by atoms with Crippen molar-refractivity contribution < 1.29 is 13.9 Å². The third-order valence-corrected chi connectivity index (χ3v) is 4.23. The molecule has 0 fully saturated rings. The van der Waals surface area contributed by atoms with Crippen molar-refractivity contribution in [1.82, 2.24) is 14.0 Å². The third-order valence-electron chi connectivity index (χ3n) is 4.23. The lowest BCUT2D eigenvalue weighted by atomic mass is 10.3. The van der Waals surface area contributed by atoms with Crippen LogP contribution in [0.1, 0.15) is 18.7 Å². The topological polar surface area (TPSA) is 95.8 Å². The van der Waals surface area contributed by atoms with E-state index in [1.807, 2.05) is 0 Å². The fourth-order valence-electron chi connectivity index (χ4n) is 2.90. The molecule has 0 spiro atoms. The summed E-state index contributed by atoms with van der Waals surface area (Å²) in [5, 5.41) is 0. The number of rotatable bonds is 4. The van der Waals surface area contributed by atoms with Gasteiger partial charge in [0.05, 0.1) is 11.2 Å². The Hall–Kier alpha value is -3.68. The summed E-state index contributed by atoms with van der Waals surface area (Å²) >= 11 is 0. The van der Waals surface area contributed by atoms with Gasteiger partial charge >= 0.3 is 11.7 Å². The number of ether oxygens (including phenoxy) is 1. The molecule has 4 rings (SSSR count). The Balaban J connectivity index is 1.56. The minimum absolute atomic E-state index is 0.172. The molecule has 0 saturated carbocycles. The Labute approximate surface area is 152 Å². The molecule has 0 radical (unpaired) electrons. The number of pyridine rings is 1. The number of hydrogen-bond donors (Lipinski definition) is 0. The number of fused-ring (bicyclic) bond motifs is 2. The van der Waals surface area contributed by atoms with Crippen LogP contribution in [0.15, 0.2) is 68.7 Å². The molecule has 8 nitrogen and oxygen atoms in total. The number of esters is 1. The first-order valence-electron chi connectivity index (χ1n) is 8.28. The first-order chi connectivity index (χ1) is 13.0. The molecule has 1 unspecified atom stereocenters. The van der Waals surface area contributed by atoms with Gasteiger partial charge in [-0.2, -0.15) is 0 Å². The standard InChI is InChI=1S/C19H15N3O5/c1-12(22-14-6-2-3-7-15(14)27-19(22)25)18(24)26-11-13-10-17(23)21-9-5-4-8-16(21)20-13/h2-10,12H,11H2,1H3. The highest BCUT2D eigenvalue weighted by Crippen LogP contribution is 2.17. The van der Waals surface area contributed by atoms with Crippen molar-refractivity contribution in [3.63, 3.8) is 0 Å². The van der Waals surface area contributed by atoms with E-state index in [0.29, 0.717) is 22.4 Å². The van der Waals surface area contributed by atoms with Crippen molar-refractivity contribution >= 4 is 22.7 Å². The van der Waals surface area contributed by atoms with Gasteiger partial charge in [0.15, 0.2) is 5.58 Å². The van der Waals surface area contributed by atoms with E-state index >= 15 is 0 Å². The highest BCUT2D eigenvalue weighted by Gasteiger charge is 2.22. The molecule has 136 valence electrons. The number of para-hydroxylation sites is 2. The number of benzene rings is 1. The Morgan fingerprint density at radius 3 is 2.81 bits per heavy atom. The van der Waals surface area contributed by atoms with Gasteiger partial charge in [0, 0.05) is 12.3 Å². The molecule has 0 amide bonds. The molecule has 0 bridgehead atoms. The van der Waals surface area contributed by atoms with E-state index in [-0.39, 0.29) is 12.2 Å². The molecule has 0 N–H and O–H groups in total. The fourth-order valence-corrected chi connectivity index (χ4v) is 2.90. The van der Waals surface area contributed by atoms with Gasteiger partial charge in [-0.25, -0.2) is 14.6 Å². The lowest BCUT2D eigenvalue weighted by Crippen LogP contribution is -2.26. The first-order valence-corrected chi connectivity index (χ1v) is 8.28. The van der Waals surface area contributed by atoms with E-state index in [1.54, 1.807) is 55.6 Å². The molecule has 8 heteroatoms. The molecule has 0 aliphatic heterocycles. The van der Waals surface area contributed by atoms with Crippen LogP contribution in [0.4, 0.5) is 0 Å². The van der Waals surface area contributed by atoms with Crippen LogP contribution in [-0.2, 0) is 16.1 Å². The smallest absolute Gasteiger partial charge is 0.420 e. The minimum Gasteiger partial charge on any atom is -0.458 e. The molecule has 27 heavy (non-hydrogen) atoms. The zero-order valence-electron chi connectivity index (χ0n) is 14.4. The highest BCUT2D eigenvalue weighted by atomic mass is 16.5. The molecule has 3 aromatic heterocycles.